The van der Waals surface area contributed by atoms with Crippen molar-refractivity contribution in [1.29, 1.82) is 0 Å². The van der Waals surface area contributed by atoms with E-state index in [-0.39, 0.29) is 11.7 Å². The van der Waals surface area contributed by atoms with E-state index < -0.39 is 0 Å². The molecule has 0 aliphatic carbocycles. The number of carbonyl (C=O) groups excluding carboxylic acids is 1. The average molecular weight is 222 g/mol. The molecule has 1 saturated heterocycles. The van der Waals surface area contributed by atoms with Gasteiger partial charge in [0.05, 0.1) is 0 Å². The fourth-order valence-corrected chi connectivity index (χ4v) is 1.94. The van der Waals surface area contributed by atoms with Gasteiger partial charge in [0.2, 0.25) is 5.91 Å². The Bertz CT molecular complexity index is 406. The molecule has 0 bridgehead atoms. The molecule has 0 saturated carbocycles. The van der Waals surface area contributed by atoms with Gasteiger partial charge in [-0.2, -0.15) is 0 Å². The van der Waals surface area contributed by atoms with E-state index in [0.29, 0.717) is 18.7 Å². The molecular weight excluding hydrogens is 207 g/mol. The molecule has 0 radical (unpaired) electrons. The fourth-order valence-electron chi connectivity index (χ4n) is 1.94. The van der Waals surface area contributed by atoms with Crippen LogP contribution in [0.3, 0.4) is 0 Å². The van der Waals surface area contributed by atoms with E-state index in [2.05, 4.69) is 0 Å². The first kappa shape index (κ1) is 10.9. The number of rotatable bonds is 2. The molecule has 2 N–H and O–H groups in total. The molecular formula is C12H15FN2O. The minimum absolute atomic E-state index is 0.162. The maximum Gasteiger partial charge on any atom is 0.222 e. The Morgan fingerprint density at radius 1 is 1.38 bits per heavy atom. The highest BCUT2D eigenvalue weighted by Gasteiger charge is 2.18. The minimum Gasteiger partial charge on any atom is -0.398 e. The quantitative estimate of drug-likeness (QED) is 0.777. The Kier molecular flexibility index (Phi) is 3.08. The second-order valence-corrected chi connectivity index (χ2v) is 4.12. The van der Waals surface area contributed by atoms with Gasteiger partial charge in [0, 0.05) is 25.2 Å². The number of hydrogen-bond acceptors (Lipinski definition) is 2. The van der Waals surface area contributed by atoms with Crippen LogP contribution in [0.4, 0.5) is 10.1 Å². The number of benzene rings is 1. The zero-order valence-corrected chi connectivity index (χ0v) is 9.08. The molecule has 1 aromatic carbocycles. The van der Waals surface area contributed by atoms with E-state index >= 15 is 0 Å². The molecule has 1 amide bonds. The Morgan fingerprint density at radius 2 is 2.19 bits per heavy atom. The normalized spacial score (nSPS) is 16.6. The molecule has 1 aliphatic heterocycles. The van der Waals surface area contributed by atoms with Gasteiger partial charge in [0.25, 0.3) is 0 Å². The monoisotopic (exact) mass is 222 g/mol. The van der Waals surface area contributed by atoms with E-state index in [0.717, 1.165) is 24.9 Å². The summed E-state index contributed by atoms with van der Waals surface area (Å²) in [5, 5.41) is 0. The number of anilines is 1. The summed E-state index contributed by atoms with van der Waals surface area (Å²) in [6.45, 7) is 1.26. The summed E-state index contributed by atoms with van der Waals surface area (Å²) in [4.78, 5) is 13.4. The summed E-state index contributed by atoms with van der Waals surface area (Å²) in [5.41, 5.74) is 6.94. The average Bonchev–Trinajstić information content (AvgIpc) is 2.25. The third-order valence-corrected chi connectivity index (χ3v) is 2.89. The zero-order chi connectivity index (χ0) is 11.5. The van der Waals surface area contributed by atoms with Crippen LogP contribution in [0.25, 0.3) is 0 Å². The number of amides is 1. The number of carbonyl (C=O) groups is 1. The van der Waals surface area contributed by atoms with Gasteiger partial charge in [-0.05, 0) is 30.5 Å². The Balaban J connectivity index is 2.10. The highest BCUT2D eigenvalue weighted by atomic mass is 19.1. The highest BCUT2D eigenvalue weighted by molar-refractivity contribution is 5.77. The van der Waals surface area contributed by atoms with Gasteiger partial charge < -0.3 is 10.6 Å². The van der Waals surface area contributed by atoms with Crippen molar-refractivity contribution in [3.8, 4) is 0 Å². The van der Waals surface area contributed by atoms with Crippen molar-refractivity contribution in [3.63, 3.8) is 0 Å². The van der Waals surface area contributed by atoms with E-state index in [9.17, 15) is 9.18 Å². The van der Waals surface area contributed by atoms with Crippen LogP contribution in [0.15, 0.2) is 18.2 Å². The molecule has 1 fully saturated rings. The Labute approximate surface area is 94.0 Å². The number of nitrogen functional groups attached to an aromatic ring is 1. The summed E-state index contributed by atoms with van der Waals surface area (Å²) in [5.74, 6) is -0.179. The molecule has 0 atom stereocenters. The fraction of sp³-hybridized carbons (Fsp3) is 0.417. The van der Waals surface area contributed by atoms with Crippen molar-refractivity contribution >= 4 is 11.6 Å². The number of piperidine rings is 1. The van der Waals surface area contributed by atoms with Crippen molar-refractivity contribution < 1.29 is 9.18 Å². The number of nitrogens with two attached hydrogens (primary N) is 1. The topological polar surface area (TPSA) is 46.3 Å². The first-order chi connectivity index (χ1) is 7.66. The lowest BCUT2D eigenvalue weighted by atomic mass is 10.1. The molecule has 4 heteroatoms. The molecule has 0 spiro atoms. The van der Waals surface area contributed by atoms with Crippen molar-refractivity contribution in [3.05, 3.63) is 29.6 Å². The van der Waals surface area contributed by atoms with Crippen LogP contribution in [-0.2, 0) is 11.3 Å². The second-order valence-electron chi connectivity index (χ2n) is 4.12. The van der Waals surface area contributed by atoms with Crippen molar-refractivity contribution in [2.75, 3.05) is 12.3 Å². The van der Waals surface area contributed by atoms with Gasteiger partial charge in [-0.3, -0.25) is 4.79 Å². The van der Waals surface area contributed by atoms with Gasteiger partial charge in [0.1, 0.15) is 5.82 Å². The van der Waals surface area contributed by atoms with E-state index in [1.54, 1.807) is 11.0 Å². The van der Waals surface area contributed by atoms with Crippen LogP contribution < -0.4 is 5.73 Å². The molecule has 1 aliphatic rings. The lowest BCUT2D eigenvalue weighted by Crippen LogP contribution is -2.34. The van der Waals surface area contributed by atoms with Crippen LogP contribution in [-0.4, -0.2) is 17.4 Å². The lowest BCUT2D eigenvalue weighted by Gasteiger charge is -2.27. The zero-order valence-electron chi connectivity index (χ0n) is 9.08. The van der Waals surface area contributed by atoms with Crippen molar-refractivity contribution in [1.82, 2.24) is 4.90 Å². The Morgan fingerprint density at radius 3 is 2.88 bits per heavy atom. The first-order valence-electron chi connectivity index (χ1n) is 5.48. The molecule has 2 rings (SSSR count). The van der Waals surface area contributed by atoms with Crippen molar-refractivity contribution in [2.45, 2.75) is 25.8 Å². The maximum atomic E-state index is 12.8. The third-order valence-electron chi connectivity index (χ3n) is 2.89. The predicted octanol–water partition coefficient (Wildman–Crippen LogP) is 1.92. The summed E-state index contributed by atoms with van der Waals surface area (Å²) >= 11 is 0. The van der Waals surface area contributed by atoms with Crippen LogP contribution in [0.5, 0.6) is 0 Å². The summed E-state index contributed by atoms with van der Waals surface area (Å²) in [6, 6.07) is 4.32. The van der Waals surface area contributed by atoms with Gasteiger partial charge in [-0.25, -0.2) is 4.39 Å². The van der Waals surface area contributed by atoms with Gasteiger partial charge in [0.15, 0.2) is 0 Å². The number of hydrogen-bond donors (Lipinski definition) is 1. The molecule has 1 heterocycles. The number of likely N-dealkylation sites (tertiary alicyclic amines) is 1. The SMILES string of the molecule is Nc1cc(F)ccc1CN1CCCCC1=O. The minimum atomic E-state index is -0.341. The number of halogens is 1. The summed E-state index contributed by atoms with van der Waals surface area (Å²) in [7, 11) is 0. The Hall–Kier alpha value is -1.58. The highest BCUT2D eigenvalue weighted by Crippen LogP contribution is 2.19. The van der Waals surface area contributed by atoms with E-state index in [4.69, 9.17) is 5.73 Å². The van der Waals surface area contributed by atoms with E-state index in [1.165, 1.54) is 12.1 Å². The van der Waals surface area contributed by atoms with Gasteiger partial charge in [-0.15, -0.1) is 0 Å². The standard InChI is InChI=1S/C12H15FN2O/c13-10-5-4-9(11(14)7-10)8-15-6-2-1-3-12(15)16/h4-5,7H,1-3,6,8,14H2. The van der Waals surface area contributed by atoms with Crippen LogP contribution in [0.1, 0.15) is 24.8 Å². The summed E-state index contributed by atoms with van der Waals surface area (Å²) < 4.78 is 12.8. The molecule has 3 nitrogen and oxygen atoms in total. The largest absolute Gasteiger partial charge is 0.398 e. The first-order valence-corrected chi connectivity index (χ1v) is 5.48. The van der Waals surface area contributed by atoms with E-state index in [1.807, 2.05) is 0 Å². The van der Waals surface area contributed by atoms with Gasteiger partial charge in [-0.1, -0.05) is 6.07 Å². The molecule has 86 valence electrons. The molecule has 0 aromatic heterocycles. The van der Waals surface area contributed by atoms with Crippen molar-refractivity contribution in [2.24, 2.45) is 0 Å². The van der Waals surface area contributed by atoms with Crippen LogP contribution in [0, 0.1) is 5.82 Å². The van der Waals surface area contributed by atoms with Crippen LogP contribution in [0.2, 0.25) is 0 Å². The molecule has 1 aromatic rings. The smallest absolute Gasteiger partial charge is 0.222 e. The lowest BCUT2D eigenvalue weighted by molar-refractivity contribution is -0.133. The summed E-state index contributed by atoms with van der Waals surface area (Å²) in [6.07, 6.45) is 2.61. The number of nitrogens with zero attached hydrogens (tertiary/aromatic N) is 1. The molecule has 0 unspecified atom stereocenters. The third kappa shape index (κ3) is 2.32. The molecule has 16 heavy (non-hydrogen) atoms. The maximum absolute atomic E-state index is 12.8. The van der Waals surface area contributed by atoms with Crippen LogP contribution >= 0.6 is 0 Å². The second kappa shape index (κ2) is 4.51. The predicted molar refractivity (Wildman–Crippen MR) is 60.1 cm³/mol. The van der Waals surface area contributed by atoms with Gasteiger partial charge >= 0.3 is 0 Å².